The van der Waals surface area contributed by atoms with Gasteiger partial charge < -0.3 is 24.3 Å². The van der Waals surface area contributed by atoms with Gasteiger partial charge in [0.05, 0.1) is 33.1 Å². The second kappa shape index (κ2) is 7.78. The molecule has 0 fully saturated rings. The molecule has 2 aromatic rings. The van der Waals surface area contributed by atoms with Gasteiger partial charge in [-0.2, -0.15) is 0 Å². The van der Waals surface area contributed by atoms with E-state index in [1.807, 2.05) is 44.2 Å². The van der Waals surface area contributed by atoms with Crippen molar-refractivity contribution in [2.75, 3.05) is 26.6 Å². The van der Waals surface area contributed by atoms with Gasteiger partial charge in [0.1, 0.15) is 11.5 Å². The van der Waals surface area contributed by atoms with Gasteiger partial charge >= 0.3 is 0 Å². The van der Waals surface area contributed by atoms with Crippen LogP contribution in [0.4, 0.5) is 5.69 Å². The molecule has 144 valence electrons. The summed E-state index contributed by atoms with van der Waals surface area (Å²) in [5, 5.41) is 2.92. The van der Waals surface area contributed by atoms with Crippen LogP contribution in [0.1, 0.15) is 37.3 Å². The number of fused-ring (bicyclic) bond motifs is 1. The molecule has 1 aliphatic heterocycles. The van der Waals surface area contributed by atoms with E-state index in [0.717, 1.165) is 11.1 Å². The van der Waals surface area contributed by atoms with E-state index in [9.17, 15) is 4.79 Å². The van der Waals surface area contributed by atoms with Gasteiger partial charge in [-0.05, 0) is 31.5 Å². The van der Waals surface area contributed by atoms with E-state index in [2.05, 4.69) is 5.32 Å². The third-order valence-corrected chi connectivity index (χ3v) is 4.54. The van der Waals surface area contributed by atoms with Crippen molar-refractivity contribution >= 4 is 11.6 Å². The molecule has 1 aliphatic rings. The molecule has 6 heteroatoms. The van der Waals surface area contributed by atoms with Gasteiger partial charge in [0.2, 0.25) is 5.91 Å². The zero-order chi connectivity index (χ0) is 19.6. The highest BCUT2D eigenvalue weighted by Gasteiger charge is 2.31. The molecule has 2 aromatic carbocycles. The van der Waals surface area contributed by atoms with Crippen LogP contribution in [0.3, 0.4) is 0 Å². The first-order chi connectivity index (χ1) is 13.0. The highest BCUT2D eigenvalue weighted by Crippen LogP contribution is 2.46. The van der Waals surface area contributed by atoms with E-state index in [-0.39, 0.29) is 17.9 Å². The lowest BCUT2D eigenvalue weighted by atomic mass is 9.84. The summed E-state index contributed by atoms with van der Waals surface area (Å²) in [5.74, 6) is 2.42. The molecule has 0 aliphatic carbocycles. The second-order valence-electron chi connectivity index (χ2n) is 6.67. The van der Waals surface area contributed by atoms with Gasteiger partial charge in [0.15, 0.2) is 11.5 Å². The number of nitrogens with one attached hydrogen (secondary N) is 1. The van der Waals surface area contributed by atoms with E-state index >= 15 is 0 Å². The Kier molecular flexibility index (Phi) is 5.44. The summed E-state index contributed by atoms with van der Waals surface area (Å²) >= 11 is 0. The molecule has 1 atom stereocenters. The number of benzene rings is 2. The Morgan fingerprint density at radius 1 is 0.963 bits per heavy atom. The molecule has 0 saturated heterocycles. The molecular weight excluding hydrogens is 346 g/mol. The van der Waals surface area contributed by atoms with Crippen LogP contribution in [0.5, 0.6) is 23.0 Å². The monoisotopic (exact) mass is 371 g/mol. The third kappa shape index (κ3) is 3.79. The Hall–Kier alpha value is -2.89. The normalized spacial score (nSPS) is 15.8. The number of methoxy groups -OCH3 is 3. The molecule has 0 saturated carbocycles. The van der Waals surface area contributed by atoms with E-state index < -0.39 is 0 Å². The van der Waals surface area contributed by atoms with Gasteiger partial charge in [0.25, 0.3) is 0 Å². The van der Waals surface area contributed by atoms with Crippen LogP contribution in [0, 0.1) is 0 Å². The van der Waals surface area contributed by atoms with Crippen LogP contribution in [-0.2, 0) is 4.79 Å². The predicted octanol–water partition coefficient (Wildman–Crippen LogP) is 3.97. The number of ether oxygens (including phenoxy) is 4. The van der Waals surface area contributed by atoms with Crippen molar-refractivity contribution in [1.29, 1.82) is 0 Å². The highest BCUT2D eigenvalue weighted by atomic mass is 16.5. The van der Waals surface area contributed by atoms with Gasteiger partial charge in [-0.15, -0.1) is 0 Å². The smallest absolute Gasteiger partial charge is 0.225 e. The minimum atomic E-state index is -0.156. The first-order valence-corrected chi connectivity index (χ1v) is 8.87. The van der Waals surface area contributed by atoms with Gasteiger partial charge in [-0.1, -0.05) is 6.07 Å². The van der Waals surface area contributed by atoms with E-state index in [0.29, 0.717) is 35.1 Å². The number of carbonyl (C=O) groups excluding carboxylic acids is 1. The van der Waals surface area contributed by atoms with Crippen LogP contribution in [0.25, 0.3) is 0 Å². The summed E-state index contributed by atoms with van der Waals surface area (Å²) in [6, 6.07) is 9.42. The molecule has 3 rings (SSSR count). The van der Waals surface area contributed by atoms with Crippen molar-refractivity contribution in [2.45, 2.75) is 32.3 Å². The largest absolute Gasteiger partial charge is 0.497 e. The van der Waals surface area contributed by atoms with Crippen molar-refractivity contribution < 1.29 is 23.7 Å². The van der Waals surface area contributed by atoms with Gasteiger partial charge in [0, 0.05) is 30.0 Å². The van der Waals surface area contributed by atoms with Crippen LogP contribution in [-0.4, -0.2) is 33.3 Å². The lowest BCUT2D eigenvalue weighted by Crippen LogP contribution is -2.24. The standard InChI is InChI=1S/C21H25NO5/c1-12(2)27-17-7-6-13(8-18(17)25-4)15-11-20(23)22-16-9-14(24-3)10-19(26-5)21(15)16/h6-10,12,15H,11H2,1-5H3,(H,22,23)/t15-/m0/s1. The summed E-state index contributed by atoms with van der Waals surface area (Å²) in [5.41, 5.74) is 2.59. The SMILES string of the molecule is COc1cc2c(c(OC)c1)[C@H](c1ccc(OC(C)C)c(OC)c1)CC(=O)N2. The maximum Gasteiger partial charge on any atom is 0.225 e. The predicted molar refractivity (Wildman–Crippen MR) is 103 cm³/mol. The van der Waals surface area contributed by atoms with Crippen molar-refractivity contribution in [2.24, 2.45) is 0 Å². The molecule has 1 N–H and O–H groups in total. The Balaban J connectivity index is 2.09. The maximum atomic E-state index is 12.3. The summed E-state index contributed by atoms with van der Waals surface area (Å²) < 4.78 is 22.2. The zero-order valence-corrected chi connectivity index (χ0v) is 16.3. The number of hydrogen-bond acceptors (Lipinski definition) is 5. The van der Waals surface area contributed by atoms with Gasteiger partial charge in [-0.25, -0.2) is 0 Å². The topological polar surface area (TPSA) is 66.0 Å². The molecule has 1 amide bonds. The van der Waals surface area contributed by atoms with Crippen molar-refractivity contribution in [1.82, 2.24) is 0 Å². The maximum absolute atomic E-state index is 12.3. The van der Waals surface area contributed by atoms with Crippen LogP contribution >= 0.6 is 0 Å². The number of rotatable bonds is 6. The fraction of sp³-hybridized carbons (Fsp3) is 0.381. The lowest BCUT2D eigenvalue weighted by Gasteiger charge is -2.28. The van der Waals surface area contributed by atoms with E-state index in [4.69, 9.17) is 18.9 Å². The number of anilines is 1. The molecule has 0 unspecified atom stereocenters. The quantitative estimate of drug-likeness (QED) is 0.832. The lowest BCUT2D eigenvalue weighted by molar-refractivity contribution is -0.116. The second-order valence-corrected chi connectivity index (χ2v) is 6.67. The van der Waals surface area contributed by atoms with Crippen LogP contribution in [0.2, 0.25) is 0 Å². The summed E-state index contributed by atoms with van der Waals surface area (Å²) in [4.78, 5) is 12.3. The minimum Gasteiger partial charge on any atom is -0.497 e. The summed E-state index contributed by atoms with van der Waals surface area (Å²) in [7, 11) is 4.81. The summed E-state index contributed by atoms with van der Waals surface area (Å²) in [6.45, 7) is 3.93. The van der Waals surface area contributed by atoms with Crippen LogP contribution in [0.15, 0.2) is 30.3 Å². The molecule has 1 heterocycles. The van der Waals surface area contributed by atoms with Crippen molar-refractivity contribution in [3.63, 3.8) is 0 Å². The molecular formula is C21H25NO5. The van der Waals surface area contributed by atoms with Gasteiger partial charge in [-0.3, -0.25) is 4.79 Å². The first kappa shape index (κ1) is 18.9. The summed E-state index contributed by atoms with van der Waals surface area (Å²) in [6.07, 6.45) is 0.363. The minimum absolute atomic E-state index is 0.0403. The third-order valence-electron chi connectivity index (χ3n) is 4.54. The molecule has 0 spiro atoms. The fourth-order valence-corrected chi connectivity index (χ4v) is 3.38. The van der Waals surface area contributed by atoms with Crippen molar-refractivity contribution in [3.05, 3.63) is 41.5 Å². The number of amides is 1. The molecule has 0 bridgehead atoms. The molecule has 6 nitrogen and oxygen atoms in total. The average molecular weight is 371 g/mol. The Bertz CT molecular complexity index is 847. The van der Waals surface area contributed by atoms with E-state index in [1.165, 1.54) is 0 Å². The highest BCUT2D eigenvalue weighted by molar-refractivity contribution is 5.96. The Labute approximate surface area is 159 Å². The van der Waals surface area contributed by atoms with E-state index in [1.54, 1.807) is 21.3 Å². The van der Waals surface area contributed by atoms with Crippen molar-refractivity contribution in [3.8, 4) is 23.0 Å². The first-order valence-electron chi connectivity index (χ1n) is 8.87. The number of carbonyl (C=O) groups is 1. The molecule has 0 aromatic heterocycles. The van der Waals surface area contributed by atoms with Crippen LogP contribution < -0.4 is 24.3 Å². The zero-order valence-electron chi connectivity index (χ0n) is 16.3. The fourth-order valence-electron chi connectivity index (χ4n) is 3.38. The Morgan fingerprint density at radius 3 is 2.33 bits per heavy atom. The Morgan fingerprint density at radius 2 is 1.70 bits per heavy atom. The molecule has 27 heavy (non-hydrogen) atoms. The average Bonchev–Trinajstić information content (AvgIpc) is 2.66. The number of hydrogen-bond donors (Lipinski definition) is 1. The molecule has 0 radical (unpaired) electrons.